The second kappa shape index (κ2) is 7.32. The summed E-state index contributed by atoms with van der Waals surface area (Å²) < 4.78 is 2.75. The Morgan fingerprint density at radius 1 is 1.29 bits per heavy atom. The zero-order valence-electron chi connectivity index (χ0n) is 13.5. The van der Waals surface area contributed by atoms with Crippen molar-refractivity contribution >= 4 is 39.0 Å². The average Bonchev–Trinajstić information content (AvgIpc) is 3.15. The van der Waals surface area contributed by atoms with E-state index in [2.05, 4.69) is 32.4 Å². The highest BCUT2D eigenvalue weighted by molar-refractivity contribution is 9.10. The number of halogens is 1. The molecule has 24 heavy (non-hydrogen) atoms. The van der Waals surface area contributed by atoms with E-state index < -0.39 is 0 Å². The number of carbonyl (C=O) groups is 1. The third-order valence-corrected chi connectivity index (χ3v) is 5.26. The molecule has 2 heterocycles. The summed E-state index contributed by atoms with van der Waals surface area (Å²) in [5.41, 5.74) is 2.90. The first kappa shape index (κ1) is 16.9. The number of nitrogens with one attached hydrogen (secondary N) is 1. The number of aromatic nitrogens is 2. The molecule has 0 aliphatic rings. The van der Waals surface area contributed by atoms with Gasteiger partial charge in [0.25, 0.3) is 0 Å². The van der Waals surface area contributed by atoms with Crippen LogP contribution in [-0.4, -0.2) is 15.7 Å². The topological polar surface area (TPSA) is 46.9 Å². The van der Waals surface area contributed by atoms with Crippen LogP contribution >= 0.6 is 27.3 Å². The van der Waals surface area contributed by atoms with Crippen LogP contribution in [0.5, 0.6) is 0 Å². The number of hydrogen-bond acceptors (Lipinski definition) is 3. The third-order valence-electron chi connectivity index (χ3n) is 3.79. The molecule has 3 rings (SSSR count). The highest BCUT2D eigenvalue weighted by atomic mass is 79.9. The normalized spacial score (nSPS) is 10.8. The quantitative estimate of drug-likeness (QED) is 0.665. The summed E-state index contributed by atoms with van der Waals surface area (Å²) in [4.78, 5) is 13.6. The summed E-state index contributed by atoms with van der Waals surface area (Å²) in [6, 6.07) is 12.1. The van der Waals surface area contributed by atoms with Gasteiger partial charge in [-0.25, -0.2) is 0 Å². The van der Waals surface area contributed by atoms with E-state index in [-0.39, 0.29) is 5.91 Å². The van der Waals surface area contributed by atoms with E-state index in [1.165, 1.54) is 4.88 Å². The molecule has 0 saturated carbocycles. The molecular formula is C18H18BrN3OS. The van der Waals surface area contributed by atoms with Gasteiger partial charge in [-0.1, -0.05) is 34.1 Å². The SMILES string of the molecule is Cc1nn(C)c(NC(=O)CCc2cccs2)c1-c1ccc(Br)cc1. The number of benzene rings is 1. The smallest absolute Gasteiger partial charge is 0.225 e. The van der Waals surface area contributed by atoms with Crippen molar-refractivity contribution < 1.29 is 4.79 Å². The lowest BCUT2D eigenvalue weighted by atomic mass is 10.1. The van der Waals surface area contributed by atoms with E-state index in [1.807, 2.05) is 49.7 Å². The van der Waals surface area contributed by atoms with Crippen molar-refractivity contribution in [2.24, 2.45) is 7.05 Å². The molecule has 0 spiro atoms. The van der Waals surface area contributed by atoms with Gasteiger partial charge in [0.1, 0.15) is 5.82 Å². The predicted octanol–water partition coefficient (Wildman–Crippen LogP) is 4.79. The van der Waals surface area contributed by atoms with Gasteiger partial charge >= 0.3 is 0 Å². The Labute approximate surface area is 153 Å². The van der Waals surface area contributed by atoms with Crippen LogP contribution in [0, 0.1) is 6.92 Å². The fourth-order valence-electron chi connectivity index (χ4n) is 2.65. The molecule has 0 aliphatic heterocycles. The van der Waals surface area contributed by atoms with Gasteiger partial charge in [-0.15, -0.1) is 11.3 Å². The number of hydrogen-bond donors (Lipinski definition) is 1. The van der Waals surface area contributed by atoms with E-state index in [9.17, 15) is 4.79 Å². The van der Waals surface area contributed by atoms with Gasteiger partial charge in [0.2, 0.25) is 5.91 Å². The molecule has 0 bridgehead atoms. The highest BCUT2D eigenvalue weighted by Gasteiger charge is 2.17. The maximum atomic E-state index is 12.4. The van der Waals surface area contributed by atoms with E-state index in [0.29, 0.717) is 6.42 Å². The number of aryl methyl sites for hydroxylation is 3. The minimum atomic E-state index is 0.00441. The number of carbonyl (C=O) groups excluding carboxylic acids is 1. The summed E-state index contributed by atoms with van der Waals surface area (Å²) in [5, 5.41) is 9.53. The monoisotopic (exact) mass is 403 g/mol. The summed E-state index contributed by atoms with van der Waals surface area (Å²) in [6.45, 7) is 1.96. The van der Waals surface area contributed by atoms with Crippen LogP contribution in [0.25, 0.3) is 11.1 Å². The van der Waals surface area contributed by atoms with Crippen LogP contribution < -0.4 is 5.32 Å². The largest absolute Gasteiger partial charge is 0.310 e. The van der Waals surface area contributed by atoms with Gasteiger partial charge in [-0.2, -0.15) is 5.10 Å². The second-order valence-electron chi connectivity index (χ2n) is 5.57. The Hall–Kier alpha value is -1.92. The minimum absolute atomic E-state index is 0.00441. The molecule has 0 atom stereocenters. The molecule has 0 aliphatic carbocycles. The average molecular weight is 404 g/mol. The molecule has 0 unspecified atom stereocenters. The van der Waals surface area contributed by atoms with E-state index >= 15 is 0 Å². The number of thiophene rings is 1. The van der Waals surface area contributed by atoms with Gasteiger partial charge in [-0.05, 0) is 42.5 Å². The molecule has 0 fully saturated rings. The van der Waals surface area contributed by atoms with Crippen molar-refractivity contribution in [3.8, 4) is 11.1 Å². The summed E-state index contributed by atoms with van der Waals surface area (Å²) >= 11 is 5.13. The lowest BCUT2D eigenvalue weighted by Crippen LogP contribution is -2.15. The van der Waals surface area contributed by atoms with E-state index in [4.69, 9.17) is 0 Å². The van der Waals surface area contributed by atoms with Gasteiger partial charge in [0.15, 0.2) is 0 Å². The fraction of sp³-hybridized carbons (Fsp3) is 0.222. The van der Waals surface area contributed by atoms with E-state index in [1.54, 1.807) is 16.0 Å². The van der Waals surface area contributed by atoms with Crippen LogP contribution in [0.2, 0.25) is 0 Å². The Morgan fingerprint density at radius 2 is 2.04 bits per heavy atom. The van der Waals surface area contributed by atoms with Crippen LogP contribution in [0.1, 0.15) is 17.0 Å². The van der Waals surface area contributed by atoms with Crippen LogP contribution in [0.15, 0.2) is 46.3 Å². The number of amides is 1. The summed E-state index contributed by atoms with van der Waals surface area (Å²) in [5.74, 6) is 0.746. The first-order chi connectivity index (χ1) is 11.5. The van der Waals surface area contributed by atoms with Gasteiger partial charge in [0.05, 0.1) is 5.69 Å². The first-order valence-electron chi connectivity index (χ1n) is 7.66. The predicted molar refractivity (Wildman–Crippen MR) is 102 cm³/mol. The molecule has 0 radical (unpaired) electrons. The van der Waals surface area contributed by atoms with Crippen molar-refractivity contribution in [3.63, 3.8) is 0 Å². The maximum Gasteiger partial charge on any atom is 0.225 e. The number of nitrogens with zero attached hydrogens (tertiary/aromatic N) is 2. The Kier molecular flexibility index (Phi) is 5.16. The Morgan fingerprint density at radius 3 is 2.71 bits per heavy atom. The van der Waals surface area contributed by atoms with Crippen molar-refractivity contribution in [1.82, 2.24) is 9.78 Å². The third kappa shape index (κ3) is 3.76. The van der Waals surface area contributed by atoms with Gasteiger partial charge < -0.3 is 5.32 Å². The number of rotatable bonds is 5. The van der Waals surface area contributed by atoms with Crippen LogP contribution in [-0.2, 0) is 18.3 Å². The maximum absolute atomic E-state index is 12.4. The molecular weight excluding hydrogens is 386 g/mol. The highest BCUT2D eigenvalue weighted by Crippen LogP contribution is 2.32. The standard InChI is InChI=1S/C18H18BrN3OS/c1-12-17(13-5-7-14(19)8-6-13)18(22(2)21-12)20-16(23)10-9-15-4-3-11-24-15/h3-8,11H,9-10H2,1-2H3,(H,20,23). The zero-order valence-corrected chi connectivity index (χ0v) is 15.9. The molecule has 1 N–H and O–H groups in total. The minimum Gasteiger partial charge on any atom is -0.310 e. The molecule has 6 heteroatoms. The molecule has 2 aromatic heterocycles. The van der Waals surface area contributed by atoms with Crippen molar-refractivity contribution in [2.45, 2.75) is 19.8 Å². The van der Waals surface area contributed by atoms with Crippen LogP contribution in [0.4, 0.5) is 5.82 Å². The molecule has 1 amide bonds. The summed E-state index contributed by atoms with van der Waals surface area (Å²) in [7, 11) is 1.85. The molecule has 3 aromatic rings. The van der Waals surface area contributed by atoms with E-state index in [0.717, 1.165) is 33.5 Å². The molecule has 4 nitrogen and oxygen atoms in total. The first-order valence-corrected chi connectivity index (χ1v) is 9.33. The number of anilines is 1. The van der Waals surface area contributed by atoms with Crippen molar-refractivity contribution in [2.75, 3.05) is 5.32 Å². The second-order valence-corrected chi connectivity index (χ2v) is 7.51. The molecule has 1 aromatic carbocycles. The molecule has 0 saturated heterocycles. The lowest BCUT2D eigenvalue weighted by molar-refractivity contribution is -0.116. The Bertz CT molecular complexity index is 838. The van der Waals surface area contributed by atoms with Crippen LogP contribution in [0.3, 0.4) is 0 Å². The van der Waals surface area contributed by atoms with Crippen molar-refractivity contribution in [1.29, 1.82) is 0 Å². The van der Waals surface area contributed by atoms with Gasteiger partial charge in [-0.3, -0.25) is 9.48 Å². The summed E-state index contributed by atoms with van der Waals surface area (Å²) in [6.07, 6.45) is 1.22. The Balaban J connectivity index is 1.80. The van der Waals surface area contributed by atoms with Gasteiger partial charge in [0, 0.05) is 28.4 Å². The zero-order chi connectivity index (χ0) is 17.1. The molecule has 124 valence electrons. The lowest BCUT2D eigenvalue weighted by Gasteiger charge is -2.09. The fourth-order valence-corrected chi connectivity index (χ4v) is 3.62. The van der Waals surface area contributed by atoms with Crippen molar-refractivity contribution in [3.05, 3.63) is 56.8 Å².